The molecular weight excluding hydrogens is 460 g/mol. The molecule has 6 rings (SSSR count). The van der Waals surface area contributed by atoms with E-state index in [0.717, 1.165) is 69.8 Å². The van der Waals surface area contributed by atoms with Crippen molar-refractivity contribution < 1.29 is 14.4 Å². The third-order valence-corrected chi connectivity index (χ3v) is 12.1. The number of nitrogens with one attached hydrogen (secondary N) is 1. The van der Waals surface area contributed by atoms with Crippen LogP contribution in [0.1, 0.15) is 98.3 Å². The first-order valence-corrected chi connectivity index (χ1v) is 14.7. The van der Waals surface area contributed by atoms with Crippen molar-refractivity contribution in [3.05, 3.63) is 23.3 Å². The highest BCUT2D eigenvalue weighted by Gasteiger charge is 2.64. The first kappa shape index (κ1) is 25.1. The molecule has 37 heavy (non-hydrogen) atoms. The summed E-state index contributed by atoms with van der Waals surface area (Å²) in [5, 5.41) is 13.2. The highest BCUT2D eigenvalue weighted by Crippen LogP contribution is 2.67. The molecule has 0 heterocycles. The first-order chi connectivity index (χ1) is 17.4. The number of amides is 1. The van der Waals surface area contributed by atoms with E-state index in [9.17, 15) is 19.6 Å². The van der Waals surface area contributed by atoms with Gasteiger partial charge in [-0.1, -0.05) is 45.8 Å². The van der Waals surface area contributed by atoms with E-state index in [0.29, 0.717) is 6.42 Å². The average Bonchev–Trinajstić information content (AvgIpc) is 2.79. The number of ketones is 2. The zero-order valence-corrected chi connectivity index (χ0v) is 23.0. The molecule has 1 N–H and O–H groups in total. The van der Waals surface area contributed by atoms with Crippen molar-refractivity contribution in [3.8, 4) is 6.07 Å². The smallest absolute Gasteiger partial charge is 0.223 e. The van der Waals surface area contributed by atoms with Crippen molar-refractivity contribution in [2.45, 2.75) is 104 Å². The summed E-state index contributed by atoms with van der Waals surface area (Å²) in [5.74, 6) is 1.00. The van der Waals surface area contributed by atoms with Crippen molar-refractivity contribution in [1.82, 2.24) is 5.32 Å². The van der Waals surface area contributed by atoms with Crippen LogP contribution in [0.25, 0.3) is 0 Å². The standard InChI is InChI=1S/C32H42N2O3/c1-29(2)12-13-32(34-28(37)19-6-5-7-19)11-9-22-27(23(32)17-29)25(36)15-26-30(22,3)10-8-21-14-24(35)20(18-33)16-31(21,26)4/h15-16,19,21-23,27H,5-14,17H2,1-4H3,(H,34,37). The predicted molar refractivity (Wildman–Crippen MR) is 141 cm³/mol. The summed E-state index contributed by atoms with van der Waals surface area (Å²) in [7, 11) is 0. The number of Topliss-reactive ketones (excluding diaryl/α,β-unsaturated/α-hetero) is 1. The number of nitrogens with zero attached hydrogens (tertiary/aromatic N) is 1. The van der Waals surface area contributed by atoms with Gasteiger partial charge in [0.05, 0.1) is 5.57 Å². The molecule has 4 fully saturated rings. The van der Waals surface area contributed by atoms with Crippen LogP contribution in [0.5, 0.6) is 0 Å². The molecule has 1 amide bonds. The third-order valence-electron chi connectivity index (χ3n) is 12.1. The Kier molecular flexibility index (Phi) is 5.52. The van der Waals surface area contributed by atoms with Gasteiger partial charge in [-0.05, 0) is 92.4 Å². The highest BCUT2D eigenvalue weighted by atomic mass is 16.2. The molecule has 198 valence electrons. The number of carbonyl (C=O) groups is 3. The van der Waals surface area contributed by atoms with Crippen LogP contribution in [0.2, 0.25) is 0 Å². The van der Waals surface area contributed by atoms with Gasteiger partial charge in [0.1, 0.15) is 6.07 Å². The Labute approximate surface area is 221 Å². The molecule has 7 unspecified atom stereocenters. The Bertz CT molecular complexity index is 1170. The molecule has 6 aliphatic rings. The van der Waals surface area contributed by atoms with Gasteiger partial charge in [0, 0.05) is 29.2 Å². The van der Waals surface area contributed by atoms with Gasteiger partial charge in [0.2, 0.25) is 5.91 Å². The molecule has 4 saturated carbocycles. The summed E-state index contributed by atoms with van der Waals surface area (Å²) in [6.07, 6.45) is 14.2. The van der Waals surface area contributed by atoms with Gasteiger partial charge in [0.15, 0.2) is 11.6 Å². The van der Waals surface area contributed by atoms with E-state index in [2.05, 4.69) is 39.1 Å². The zero-order chi connectivity index (χ0) is 26.4. The van der Waals surface area contributed by atoms with E-state index in [4.69, 9.17) is 0 Å². The first-order valence-electron chi connectivity index (χ1n) is 14.7. The maximum absolute atomic E-state index is 14.2. The van der Waals surface area contributed by atoms with Crippen molar-refractivity contribution in [2.75, 3.05) is 0 Å². The topological polar surface area (TPSA) is 87.0 Å². The molecule has 0 aromatic rings. The van der Waals surface area contributed by atoms with Crippen LogP contribution >= 0.6 is 0 Å². The van der Waals surface area contributed by atoms with Crippen molar-refractivity contribution in [2.24, 2.45) is 45.8 Å². The largest absolute Gasteiger partial charge is 0.350 e. The lowest BCUT2D eigenvalue weighted by atomic mass is 9.41. The van der Waals surface area contributed by atoms with E-state index >= 15 is 0 Å². The van der Waals surface area contributed by atoms with E-state index in [1.54, 1.807) is 0 Å². The molecule has 0 spiro atoms. The van der Waals surface area contributed by atoms with Crippen LogP contribution in [0.15, 0.2) is 23.3 Å². The molecule has 0 radical (unpaired) electrons. The number of nitriles is 1. The maximum atomic E-state index is 14.2. The molecule has 0 saturated heterocycles. The van der Waals surface area contributed by atoms with E-state index in [1.165, 1.54) is 0 Å². The monoisotopic (exact) mass is 502 g/mol. The Morgan fingerprint density at radius 1 is 1.00 bits per heavy atom. The zero-order valence-electron chi connectivity index (χ0n) is 23.0. The lowest BCUT2D eigenvalue weighted by Crippen LogP contribution is -2.67. The van der Waals surface area contributed by atoms with Gasteiger partial charge in [0.25, 0.3) is 0 Å². The Morgan fingerprint density at radius 3 is 2.43 bits per heavy atom. The molecule has 0 aromatic carbocycles. The van der Waals surface area contributed by atoms with Gasteiger partial charge in [-0.2, -0.15) is 5.26 Å². The summed E-state index contributed by atoms with van der Waals surface area (Å²) in [6.45, 7) is 9.16. The summed E-state index contributed by atoms with van der Waals surface area (Å²) in [4.78, 5) is 40.0. The lowest BCUT2D eigenvalue weighted by Gasteiger charge is -2.64. The number of fused-ring (bicyclic) bond motifs is 7. The number of allylic oxidation sites excluding steroid dienone is 4. The Hall–Kier alpha value is -2.22. The second-order valence-electron chi connectivity index (χ2n) is 14.6. The molecule has 5 nitrogen and oxygen atoms in total. The van der Waals surface area contributed by atoms with Gasteiger partial charge in [-0.25, -0.2) is 0 Å². The van der Waals surface area contributed by atoms with Crippen LogP contribution in [0.3, 0.4) is 0 Å². The molecule has 0 aromatic heterocycles. The van der Waals surface area contributed by atoms with E-state index in [1.807, 2.05) is 12.2 Å². The average molecular weight is 503 g/mol. The van der Waals surface area contributed by atoms with Crippen LogP contribution in [0.4, 0.5) is 0 Å². The normalized spacial score (nSPS) is 44.5. The SMILES string of the molecule is CC1(C)CCC2(NC(=O)C3CCC3)CCC3C(C(=O)C=C4C5(C)C=C(C#N)C(=O)CC5CCC43C)C2C1. The molecule has 5 heteroatoms. The molecule has 0 aliphatic heterocycles. The number of hydrogen-bond acceptors (Lipinski definition) is 4. The van der Waals surface area contributed by atoms with Crippen molar-refractivity contribution in [1.29, 1.82) is 5.26 Å². The lowest BCUT2D eigenvalue weighted by molar-refractivity contribution is -0.146. The van der Waals surface area contributed by atoms with Crippen LogP contribution in [0, 0.1) is 57.2 Å². The van der Waals surface area contributed by atoms with Gasteiger partial charge in [-0.15, -0.1) is 0 Å². The highest BCUT2D eigenvalue weighted by molar-refractivity contribution is 6.01. The van der Waals surface area contributed by atoms with Crippen molar-refractivity contribution >= 4 is 17.5 Å². The second-order valence-corrected chi connectivity index (χ2v) is 14.6. The Morgan fingerprint density at radius 2 is 1.76 bits per heavy atom. The fraction of sp³-hybridized carbons (Fsp3) is 0.750. The fourth-order valence-electron chi connectivity index (χ4n) is 9.65. The van der Waals surface area contributed by atoms with Gasteiger partial charge < -0.3 is 5.32 Å². The minimum absolute atomic E-state index is 0.0525. The molecular formula is C32H42N2O3. The summed E-state index contributed by atoms with van der Waals surface area (Å²) in [6, 6.07) is 2.13. The second kappa shape index (κ2) is 8.14. The molecule has 7 atom stereocenters. The van der Waals surface area contributed by atoms with E-state index < -0.39 is 5.41 Å². The van der Waals surface area contributed by atoms with Gasteiger partial charge >= 0.3 is 0 Å². The summed E-state index contributed by atoms with van der Waals surface area (Å²) in [5.41, 5.74) is 0.740. The number of rotatable bonds is 2. The minimum atomic E-state index is -0.425. The van der Waals surface area contributed by atoms with Crippen LogP contribution in [-0.4, -0.2) is 23.0 Å². The third kappa shape index (κ3) is 3.57. The maximum Gasteiger partial charge on any atom is 0.223 e. The Balaban J connectivity index is 1.41. The van der Waals surface area contributed by atoms with Crippen LogP contribution < -0.4 is 5.32 Å². The fourth-order valence-corrected chi connectivity index (χ4v) is 9.65. The van der Waals surface area contributed by atoms with Crippen LogP contribution in [-0.2, 0) is 14.4 Å². The molecule has 0 bridgehead atoms. The summed E-state index contributed by atoms with van der Waals surface area (Å²) >= 11 is 0. The minimum Gasteiger partial charge on any atom is -0.350 e. The predicted octanol–water partition coefficient (Wildman–Crippen LogP) is 5.85. The number of hydrogen-bond donors (Lipinski definition) is 1. The molecule has 6 aliphatic carbocycles. The summed E-state index contributed by atoms with van der Waals surface area (Å²) < 4.78 is 0. The quantitative estimate of drug-likeness (QED) is 0.513. The van der Waals surface area contributed by atoms with E-state index in [-0.39, 0.29) is 69.0 Å². The van der Waals surface area contributed by atoms with Crippen molar-refractivity contribution in [3.63, 3.8) is 0 Å². The number of carbonyl (C=O) groups excluding carboxylic acids is 3. The van der Waals surface area contributed by atoms with Gasteiger partial charge in [-0.3, -0.25) is 14.4 Å².